The summed E-state index contributed by atoms with van der Waals surface area (Å²) in [5.74, 6) is 0.356. The molecule has 0 unspecified atom stereocenters. The number of nitrogens with zero attached hydrogens (tertiary/aromatic N) is 3. The second-order valence-corrected chi connectivity index (χ2v) is 7.80. The Balaban J connectivity index is 1.82. The Morgan fingerprint density at radius 2 is 2.15 bits per heavy atom. The Bertz CT molecular complexity index is 1280. The lowest BCUT2D eigenvalue weighted by Gasteiger charge is -2.06. The summed E-state index contributed by atoms with van der Waals surface area (Å²) in [6.45, 7) is 1.91. The van der Waals surface area contributed by atoms with Crippen LogP contribution in [0.4, 0.5) is 0 Å². The van der Waals surface area contributed by atoms with Gasteiger partial charge in [-0.25, -0.2) is 4.98 Å². The number of hydrogen-bond acceptors (Lipinski definition) is 6. The van der Waals surface area contributed by atoms with Crippen LogP contribution in [0.5, 0.6) is 11.5 Å². The van der Waals surface area contributed by atoms with E-state index in [1.54, 1.807) is 35.0 Å². The van der Waals surface area contributed by atoms with Crippen LogP contribution in [-0.4, -0.2) is 26.6 Å². The van der Waals surface area contributed by atoms with E-state index >= 15 is 0 Å². The van der Waals surface area contributed by atoms with Crippen LogP contribution in [0.3, 0.4) is 0 Å². The molecule has 3 heterocycles. The third-order valence-electron chi connectivity index (χ3n) is 4.07. The highest BCUT2D eigenvalue weighted by atomic mass is 79.9. The van der Waals surface area contributed by atoms with Crippen molar-refractivity contribution in [3.05, 3.63) is 67.3 Å². The van der Waals surface area contributed by atoms with E-state index in [4.69, 9.17) is 4.74 Å². The lowest BCUT2D eigenvalue weighted by Crippen LogP contribution is -2.22. The minimum Gasteiger partial charge on any atom is -0.503 e. The number of benzene rings is 1. The van der Waals surface area contributed by atoms with Gasteiger partial charge in [0, 0.05) is 23.7 Å². The Morgan fingerprint density at radius 1 is 1.33 bits per heavy atom. The molecule has 0 saturated carbocycles. The molecule has 0 fully saturated rings. The van der Waals surface area contributed by atoms with Crippen molar-refractivity contribution in [3.8, 4) is 22.8 Å². The van der Waals surface area contributed by atoms with Gasteiger partial charge in [0.15, 0.2) is 16.5 Å². The zero-order valence-electron chi connectivity index (χ0n) is 14.4. The summed E-state index contributed by atoms with van der Waals surface area (Å²) in [5.41, 5.74) is 3.16. The molecule has 1 aromatic carbocycles. The number of aromatic nitrogens is 3. The summed E-state index contributed by atoms with van der Waals surface area (Å²) in [7, 11) is 1.48. The van der Waals surface area contributed by atoms with Gasteiger partial charge in [0.2, 0.25) is 0 Å². The first-order chi connectivity index (χ1) is 13.0. The van der Waals surface area contributed by atoms with E-state index < -0.39 is 0 Å². The monoisotopic (exact) mass is 443 g/mol. The molecule has 0 atom stereocenters. The number of aryl methyl sites for hydroxylation is 1. The summed E-state index contributed by atoms with van der Waals surface area (Å²) in [4.78, 5) is 22.1. The van der Waals surface area contributed by atoms with E-state index in [1.807, 2.05) is 19.1 Å². The highest BCUT2D eigenvalue weighted by Gasteiger charge is 2.12. The van der Waals surface area contributed by atoms with Gasteiger partial charge in [-0.15, -0.1) is 0 Å². The molecule has 1 N–H and O–H groups in total. The summed E-state index contributed by atoms with van der Waals surface area (Å²) in [6.07, 6.45) is 5.23. The summed E-state index contributed by atoms with van der Waals surface area (Å²) >= 11 is 4.60. The minimum absolute atomic E-state index is 0.0234. The Hall–Kier alpha value is -2.71. The quantitative estimate of drug-likeness (QED) is 0.526. The molecule has 0 spiro atoms. The third-order valence-corrected chi connectivity index (χ3v) is 5.65. The SMILES string of the molecule is COc1cc(C=c2sc3nc(-c4ccnc(C)c4)cn3c2=O)cc(Br)c1O. The van der Waals surface area contributed by atoms with Crippen molar-refractivity contribution >= 4 is 38.3 Å². The Labute approximate surface area is 166 Å². The highest BCUT2D eigenvalue weighted by molar-refractivity contribution is 9.10. The number of hydrogen-bond donors (Lipinski definition) is 1. The fourth-order valence-electron chi connectivity index (χ4n) is 2.76. The van der Waals surface area contributed by atoms with Gasteiger partial charge in [-0.1, -0.05) is 11.3 Å². The smallest absolute Gasteiger partial charge is 0.274 e. The van der Waals surface area contributed by atoms with Crippen LogP contribution in [0, 0.1) is 6.92 Å². The molecule has 4 rings (SSSR count). The maximum atomic E-state index is 12.7. The van der Waals surface area contributed by atoms with Gasteiger partial charge < -0.3 is 9.84 Å². The number of phenolic OH excluding ortho intramolecular Hbond substituents is 1. The zero-order chi connectivity index (χ0) is 19.1. The van der Waals surface area contributed by atoms with Crippen molar-refractivity contribution in [1.29, 1.82) is 0 Å². The van der Waals surface area contributed by atoms with Crippen LogP contribution in [0.2, 0.25) is 0 Å². The molecular weight excluding hydrogens is 430 g/mol. The number of aromatic hydroxyl groups is 1. The van der Waals surface area contributed by atoms with Gasteiger partial charge in [-0.2, -0.15) is 0 Å². The zero-order valence-corrected chi connectivity index (χ0v) is 16.8. The summed E-state index contributed by atoms with van der Waals surface area (Å²) in [6, 6.07) is 7.21. The second kappa shape index (κ2) is 6.79. The first kappa shape index (κ1) is 17.7. The lowest BCUT2D eigenvalue weighted by atomic mass is 10.2. The molecule has 27 heavy (non-hydrogen) atoms. The summed E-state index contributed by atoms with van der Waals surface area (Å²) in [5, 5.41) is 9.92. The predicted octanol–water partition coefficient (Wildman–Crippen LogP) is 3.15. The minimum atomic E-state index is -0.136. The van der Waals surface area contributed by atoms with E-state index in [9.17, 15) is 9.90 Å². The van der Waals surface area contributed by atoms with Crippen molar-refractivity contribution in [2.45, 2.75) is 6.92 Å². The average Bonchev–Trinajstić information content (AvgIpc) is 3.18. The van der Waals surface area contributed by atoms with Gasteiger partial charge in [0.1, 0.15) is 0 Å². The average molecular weight is 444 g/mol. The molecule has 0 aliphatic heterocycles. The maximum absolute atomic E-state index is 12.7. The third kappa shape index (κ3) is 3.22. The first-order valence-corrected chi connectivity index (χ1v) is 9.60. The predicted molar refractivity (Wildman–Crippen MR) is 108 cm³/mol. The molecule has 6 nitrogen and oxygen atoms in total. The van der Waals surface area contributed by atoms with E-state index in [-0.39, 0.29) is 11.3 Å². The normalized spacial score (nSPS) is 12.0. The molecular formula is C19H14BrN3O3S. The van der Waals surface area contributed by atoms with Crippen LogP contribution in [0.15, 0.2) is 45.9 Å². The molecule has 0 radical (unpaired) electrons. The van der Waals surface area contributed by atoms with Crippen LogP contribution in [0.1, 0.15) is 11.3 Å². The highest BCUT2D eigenvalue weighted by Crippen LogP contribution is 2.35. The van der Waals surface area contributed by atoms with Crippen LogP contribution < -0.4 is 14.8 Å². The number of pyridine rings is 1. The lowest BCUT2D eigenvalue weighted by molar-refractivity contribution is 0.372. The molecule has 4 aromatic rings. The van der Waals surface area contributed by atoms with Gasteiger partial charge in [0.25, 0.3) is 5.56 Å². The Kier molecular flexibility index (Phi) is 4.45. The largest absolute Gasteiger partial charge is 0.503 e. The number of imidazole rings is 1. The van der Waals surface area contributed by atoms with E-state index in [0.717, 1.165) is 22.5 Å². The molecule has 0 aliphatic rings. The molecule has 0 aliphatic carbocycles. The number of ether oxygens (including phenoxy) is 1. The van der Waals surface area contributed by atoms with Crippen molar-refractivity contribution in [2.24, 2.45) is 0 Å². The van der Waals surface area contributed by atoms with Crippen LogP contribution >= 0.6 is 27.3 Å². The van der Waals surface area contributed by atoms with Gasteiger partial charge in [-0.05, 0) is 58.8 Å². The van der Waals surface area contributed by atoms with Crippen molar-refractivity contribution < 1.29 is 9.84 Å². The van der Waals surface area contributed by atoms with Gasteiger partial charge >= 0.3 is 0 Å². The van der Waals surface area contributed by atoms with Crippen LogP contribution in [-0.2, 0) is 0 Å². The van der Waals surface area contributed by atoms with E-state index in [2.05, 4.69) is 25.9 Å². The maximum Gasteiger partial charge on any atom is 0.274 e. The number of phenols is 1. The first-order valence-electron chi connectivity index (χ1n) is 7.99. The number of fused-ring (bicyclic) bond motifs is 1. The molecule has 0 saturated heterocycles. The number of methoxy groups -OCH3 is 1. The van der Waals surface area contributed by atoms with E-state index in [0.29, 0.717) is 19.7 Å². The van der Waals surface area contributed by atoms with Crippen molar-refractivity contribution in [2.75, 3.05) is 7.11 Å². The van der Waals surface area contributed by atoms with Crippen LogP contribution in [0.25, 0.3) is 22.3 Å². The molecule has 8 heteroatoms. The Morgan fingerprint density at radius 3 is 2.85 bits per heavy atom. The number of halogens is 1. The van der Waals surface area contributed by atoms with Crippen molar-refractivity contribution in [3.63, 3.8) is 0 Å². The van der Waals surface area contributed by atoms with Crippen molar-refractivity contribution in [1.82, 2.24) is 14.4 Å². The van der Waals surface area contributed by atoms with E-state index in [1.165, 1.54) is 18.4 Å². The molecule has 0 amide bonds. The molecule has 136 valence electrons. The number of thiazole rings is 1. The van der Waals surface area contributed by atoms with Gasteiger partial charge in [-0.3, -0.25) is 14.2 Å². The molecule has 3 aromatic heterocycles. The second-order valence-electron chi connectivity index (χ2n) is 5.93. The number of rotatable bonds is 3. The molecule has 0 bridgehead atoms. The fraction of sp³-hybridized carbons (Fsp3) is 0.105. The van der Waals surface area contributed by atoms with Gasteiger partial charge in [0.05, 0.1) is 21.8 Å². The standard InChI is InChI=1S/C19H14BrN3O3S/c1-10-5-12(3-4-21-10)14-9-23-18(25)16(27-19(23)22-14)8-11-6-13(20)17(24)15(7-11)26-2/h3-9,24H,1-2H3. The topological polar surface area (TPSA) is 76.7 Å². The summed E-state index contributed by atoms with van der Waals surface area (Å²) < 4.78 is 7.75. The fourth-order valence-corrected chi connectivity index (χ4v) is 4.18.